The van der Waals surface area contributed by atoms with Crippen molar-refractivity contribution in [2.45, 2.75) is 0 Å². The quantitative estimate of drug-likeness (QED) is 0.776. The lowest BCUT2D eigenvalue weighted by atomic mass is 10.2. The van der Waals surface area contributed by atoms with Crippen molar-refractivity contribution >= 4 is 23.5 Å². The van der Waals surface area contributed by atoms with E-state index in [1.54, 1.807) is 30.3 Å². The van der Waals surface area contributed by atoms with Crippen LogP contribution in [-0.2, 0) is 4.79 Å². The molecule has 0 spiro atoms. The van der Waals surface area contributed by atoms with Crippen LogP contribution in [-0.4, -0.2) is 10.9 Å². The fraction of sp³-hybridized carbons (Fsp3) is 0. The van der Waals surface area contributed by atoms with Gasteiger partial charge in [-0.3, -0.25) is 4.79 Å². The van der Waals surface area contributed by atoms with E-state index in [2.05, 4.69) is 0 Å². The van der Waals surface area contributed by atoms with Gasteiger partial charge in [-0.25, -0.2) is 0 Å². The molecule has 3 heteroatoms. The summed E-state index contributed by atoms with van der Waals surface area (Å²) in [4.78, 5) is 11.0. The van der Waals surface area contributed by atoms with Crippen molar-refractivity contribution in [1.82, 2.24) is 0 Å². The van der Waals surface area contributed by atoms with E-state index in [0.29, 0.717) is 0 Å². The van der Waals surface area contributed by atoms with E-state index in [1.165, 1.54) is 17.7 Å². The molecule has 0 saturated heterocycles. The van der Waals surface area contributed by atoms with Gasteiger partial charge in [0, 0.05) is 5.54 Å². The highest BCUT2D eigenvalue weighted by Crippen LogP contribution is 2.10. The van der Waals surface area contributed by atoms with Crippen molar-refractivity contribution in [1.29, 1.82) is 0 Å². The second-order valence-electron chi connectivity index (χ2n) is 2.62. The number of phenolic OH excluding ortho intramolecular Hbond substituents is 1. The number of phenols is 1. The maximum atomic E-state index is 11.0. The maximum Gasteiger partial charge on any atom is 0.179 e. The first-order valence-corrected chi connectivity index (χ1v) is 4.44. The lowest BCUT2D eigenvalue weighted by Crippen LogP contribution is -1.83. The van der Waals surface area contributed by atoms with E-state index >= 15 is 0 Å². The van der Waals surface area contributed by atoms with Gasteiger partial charge in [0.05, 0.1) is 0 Å². The molecule has 0 aromatic heterocycles. The topological polar surface area (TPSA) is 37.3 Å². The predicted molar refractivity (Wildman–Crippen MR) is 57.1 cm³/mol. The molecule has 1 rings (SSSR count). The molecule has 0 aliphatic heterocycles. The van der Waals surface area contributed by atoms with E-state index < -0.39 is 0 Å². The molecule has 0 aliphatic carbocycles. The number of aromatic hydroxyl groups is 1. The largest absolute Gasteiger partial charge is 0.508 e. The summed E-state index contributed by atoms with van der Waals surface area (Å²) in [6.07, 6.45) is 4.32. The Bertz CT molecular complexity index is 363. The molecule has 14 heavy (non-hydrogen) atoms. The normalized spacial score (nSPS) is 11.2. The van der Waals surface area contributed by atoms with Crippen molar-refractivity contribution in [3.63, 3.8) is 0 Å². The predicted octanol–water partition coefficient (Wildman–Crippen LogP) is 2.73. The minimum absolute atomic E-state index is 0.173. The molecular formula is C11H9ClO2. The Morgan fingerprint density at radius 2 is 1.86 bits per heavy atom. The van der Waals surface area contributed by atoms with Gasteiger partial charge in [0.2, 0.25) is 0 Å². The van der Waals surface area contributed by atoms with Crippen molar-refractivity contribution < 1.29 is 9.90 Å². The third kappa shape index (κ3) is 3.46. The number of carbonyl (C=O) groups excluding carboxylic acids is 1. The van der Waals surface area contributed by atoms with Gasteiger partial charge in [0.25, 0.3) is 0 Å². The number of carbonyl (C=O) groups is 1. The first-order chi connectivity index (χ1) is 6.72. The number of ketones is 1. The van der Waals surface area contributed by atoms with Crippen LogP contribution in [0.4, 0.5) is 0 Å². The summed E-state index contributed by atoms with van der Waals surface area (Å²) in [6.45, 7) is 0. The van der Waals surface area contributed by atoms with Gasteiger partial charge >= 0.3 is 0 Å². The maximum absolute atomic E-state index is 11.0. The number of hydrogen-bond donors (Lipinski definition) is 1. The Kier molecular flexibility index (Phi) is 3.95. The molecule has 0 bridgehead atoms. The number of benzene rings is 1. The smallest absolute Gasteiger partial charge is 0.179 e. The van der Waals surface area contributed by atoms with Crippen molar-refractivity contribution in [3.05, 3.63) is 47.5 Å². The molecule has 0 saturated carbocycles. The van der Waals surface area contributed by atoms with Crippen LogP contribution in [0.5, 0.6) is 5.75 Å². The summed E-state index contributed by atoms with van der Waals surface area (Å²) in [5.74, 6) is 0.0298. The second kappa shape index (κ2) is 5.25. The van der Waals surface area contributed by atoms with Crippen LogP contribution in [0.1, 0.15) is 5.56 Å². The zero-order valence-corrected chi connectivity index (χ0v) is 8.11. The Hall–Kier alpha value is -1.54. The molecule has 2 nitrogen and oxygen atoms in total. The Morgan fingerprint density at radius 3 is 2.43 bits per heavy atom. The average Bonchev–Trinajstić information content (AvgIpc) is 2.17. The van der Waals surface area contributed by atoms with Crippen LogP contribution in [0.3, 0.4) is 0 Å². The Balaban J connectivity index is 2.69. The summed E-state index contributed by atoms with van der Waals surface area (Å²) >= 11 is 5.23. The molecule has 0 aliphatic rings. The average molecular weight is 209 g/mol. The van der Waals surface area contributed by atoms with Crippen LogP contribution in [0.2, 0.25) is 0 Å². The second-order valence-corrected chi connectivity index (χ2v) is 2.87. The van der Waals surface area contributed by atoms with E-state index in [9.17, 15) is 4.79 Å². The number of rotatable bonds is 3. The number of allylic oxidation sites excluding steroid dienone is 2. The standard InChI is InChI=1S/C11H9ClO2/c12-8-7-11(14)6-3-9-1-4-10(13)5-2-9/h1-8,13H. The molecule has 0 radical (unpaired) electrons. The minimum atomic E-state index is -0.173. The molecule has 1 aromatic carbocycles. The summed E-state index contributed by atoms with van der Waals surface area (Å²) in [5.41, 5.74) is 2.02. The molecule has 0 unspecified atom stereocenters. The van der Waals surface area contributed by atoms with Crippen molar-refractivity contribution in [2.75, 3.05) is 0 Å². The van der Waals surface area contributed by atoms with Crippen LogP contribution < -0.4 is 0 Å². The van der Waals surface area contributed by atoms with Gasteiger partial charge in [-0.05, 0) is 29.8 Å². The first-order valence-electron chi connectivity index (χ1n) is 4.00. The summed E-state index contributed by atoms with van der Waals surface area (Å²) in [5, 5.41) is 9.00. The fourth-order valence-corrected chi connectivity index (χ4v) is 1.01. The van der Waals surface area contributed by atoms with E-state index in [0.717, 1.165) is 5.56 Å². The molecule has 72 valence electrons. The van der Waals surface area contributed by atoms with Crippen LogP contribution in [0, 0.1) is 0 Å². The van der Waals surface area contributed by atoms with E-state index in [-0.39, 0.29) is 11.5 Å². The molecule has 1 aromatic rings. The molecular weight excluding hydrogens is 200 g/mol. The number of hydrogen-bond acceptors (Lipinski definition) is 2. The zero-order valence-electron chi connectivity index (χ0n) is 7.35. The SMILES string of the molecule is O=C(C=CCl)C=Cc1ccc(O)cc1. The summed E-state index contributed by atoms with van der Waals surface area (Å²) < 4.78 is 0. The highest BCUT2D eigenvalue weighted by molar-refractivity contribution is 6.27. The van der Waals surface area contributed by atoms with E-state index in [1.807, 2.05) is 0 Å². The van der Waals surface area contributed by atoms with Crippen LogP contribution in [0.15, 0.2) is 42.0 Å². The van der Waals surface area contributed by atoms with Gasteiger partial charge in [-0.1, -0.05) is 29.8 Å². The van der Waals surface area contributed by atoms with Crippen LogP contribution >= 0.6 is 11.6 Å². The highest BCUT2D eigenvalue weighted by Gasteiger charge is 1.90. The summed E-state index contributed by atoms with van der Waals surface area (Å²) in [7, 11) is 0. The molecule has 1 N–H and O–H groups in total. The molecule has 0 heterocycles. The van der Waals surface area contributed by atoms with Gasteiger partial charge in [0.15, 0.2) is 5.78 Å². The first kappa shape index (κ1) is 10.5. The van der Waals surface area contributed by atoms with Gasteiger partial charge < -0.3 is 5.11 Å². The summed E-state index contributed by atoms with van der Waals surface area (Å²) in [6, 6.07) is 6.54. The fourth-order valence-electron chi connectivity index (χ4n) is 0.881. The third-order valence-electron chi connectivity index (χ3n) is 1.56. The third-order valence-corrected chi connectivity index (χ3v) is 1.69. The van der Waals surface area contributed by atoms with E-state index in [4.69, 9.17) is 16.7 Å². The zero-order chi connectivity index (χ0) is 10.4. The monoisotopic (exact) mass is 208 g/mol. The lowest BCUT2D eigenvalue weighted by Gasteiger charge is -1.92. The lowest BCUT2D eigenvalue weighted by molar-refractivity contribution is -0.110. The minimum Gasteiger partial charge on any atom is -0.508 e. The number of halogens is 1. The van der Waals surface area contributed by atoms with Gasteiger partial charge in [0.1, 0.15) is 5.75 Å². The highest BCUT2D eigenvalue weighted by atomic mass is 35.5. The van der Waals surface area contributed by atoms with Gasteiger partial charge in [-0.2, -0.15) is 0 Å². The van der Waals surface area contributed by atoms with Crippen molar-refractivity contribution in [2.24, 2.45) is 0 Å². The Labute approximate surface area is 87.1 Å². The van der Waals surface area contributed by atoms with Crippen molar-refractivity contribution in [3.8, 4) is 5.75 Å². The molecule has 0 atom stereocenters. The molecule has 0 amide bonds. The Morgan fingerprint density at radius 1 is 1.21 bits per heavy atom. The van der Waals surface area contributed by atoms with Crippen LogP contribution in [0.25, 0.3) is 6.08 Å². The van der Waals surface area contributed by atoms with Gasteiger partial charge in [-0.15, -0.1) is 0 Å². The molecule has 0 fully saturated rings.